The van der Waals surface area contributed by atoms with Crippen LogP contribution in [0.2, 0.25) is 0 Å². The molecule has 0 saturated heterocycles. The topological polar surface area (TPSA) is 100 Å². The minimum Gasteiger partial charge on any atom is -0.388 e. The number of nitriles is 2. The number of hydrogen-bond donors (Lipinski definition) is 0. The SMILES string of the molecule is Cc1cc(S(=O)(=O)c2ccc(OC#N)c(C)c2)ccc1OC#N. The lowest BCUT2D eigenvalue weighted by atomic mass is 10.2. The highest BCUT2D eigenvalue weighted by atomic mass is 32.2. The van der Waals surface area contributed by atoms with Crippen molar-refractivity contribution in [2.24, 2.45) is 0 Å². The minimum atomic E-state index is -3.72. The van der Waals surface area contributed by atoms with Gasteiger partial charge < -0.3 is 9.47 Å². The third kappa shape index (κ3) is 3.25. The van der Waals surface area contributed by atoms with Crippen LogP contribution >= 0.6 is 0 Å². The van der Waals surface area contributed by atoms with Crippen molar-refractivity contribution < 1.29 is 17.9 Å². The van der Waals surface area contributed by atoms with Crippen LogP contribution in [0.5, 0.6) is 11.5 Å². The van der Waals surface area contributed by atoms with Crippen molar-refractivity contribution in [1.82, 2.24) is 0 Å². The highest BCUT2D eigenvalue weighted by Crippen LogP contribution is 2.29. The summed E-state index contributed by atoms with van der Waals surface area (Å²) in [6.45, 7) is 3.31. The van der Waals surface area contributed by atoms with E-state index in [1.807, 2.05) is 0 Å². The molecule has 2 rings (SSSR count). The van der Waals surface area contributed by atoms with Gasteiger partial charge in [-0.15, -0.1) is 10.5 Å². The molecule has 6 nitrogen and oxygen atoms in total. The van der Waals surface area contributed by atoms with E-state index in [1.165, 1.54) is 36.4 Å². The summed E-state index contributed by atoms with van der Waals surface area (Å²) in [5.41, 5.74) is 1.07. The van der Waals surface area contributed by atoms with E-state index in [9.17, 15) is 8.42 Å². The van der Waals surface area contributed by atoms with Gasteiger partial charge in [-0.2, -0.15) is 0 Å². The van der Waals surface area contributed by atoms with Crippen LogP contribution in [0.1, 0.15) is 11.1 Å². The molecular weight excluding hydrogens is 316 g/mol. The van der Waals surface area contributed by atoms with Crippen molar-refractivity contribution in [3.05, 3.63) is 47.5 Å². The Labute approximate surface area is 134 Å². The van der Waals surface area contributed by atoms with Gasteiger partial charge in [-0.1, -0.05) is 0 Å². The summed E-state index contributed by atoms with van der Waals surface area (Å²) in [5.74, 6) is 0.612. The second-order valence-electron chi connectivity index (χ2n) is 4.74. The number of sulfone groups is 1. The molecule has 0 bridgehead atoms. The smallest absolute Gasteiger partial charge is 0.292 e. The fourth-order valence-electron chi connectivity index (χ4n) is 2.04. The first-order valence-electron chi connectivity index (χ1n) is 6.48. The van der Waals surface area contributed by atoms with Crippen molar-refractivity contribution in [3.8, 4) is 24.0 Å². The van der Waals surface area contributed by atoms with E-state index in [2.05, 4.69) is 0 Å². The van der Waals surface area contributed by atoms with E-state index < -0.39 is 9.84 Å². The van der Waals surface area contributed by atoms with Crippen LogP contribution in [0, 0.1) is 36.9 Å². The van der Waals surface area contributed by atoms with Gasteiger partial charge in [0.2, 0.25) is 9.84 Å². The predicted octanol–water partition coefficient (Wildman–Crippen LogP) is 2.86. The van der Waals surface area contributed by atoms with Gasteiger partial charge in [0.1, 0.15) is 11.5 Å². The number of benzene rings is 2. The first kappa shape index (κ1) is 16.3. The normalized spacial score (nSPS) is 10.4. The molecule has 0 aliphatic rings. The average Bonchev–Trinajstić information content (AvgIpc) is 2.51. The predicted molar refractivity (Wildman–Crippen MR) is 80.3 cm³/mol. The molecule has 0 spiro atoms. The van der Waals surface area contributed by atoms with Crippen LogP contribution in [0.3, 0.4) is 0 Å². The minimum absolute atomic E-state index is 0.0913. The first-order chi connectivity index (χ1) is 10.9. The van der Waals surface area contributed by atoms with Crippen LogP contribution in [-0.4, -0.2) is 8.42 Å². The number of nitrogens with zero attached hydrogens (tertiary/aromatic N) is 2. The Balaban J connectivity index is 2.47. The molecule has 7 heteroatoms. The Morgan fingerprint density at radius 2 is 1.22 bits per heavy atom. The molecule has 0 fully saturated rings. The van der Waals surface area contributed by atoms with E-state index in [0.29, 0.717) is 22.6 Å². The zero-order valence-electron chi connectivity index (χ0n) is 12.4. The molecule has 2 aromatic rings. The molecule has 0 saturated carbocycles. The van der Waals surface area contributed by atoms with Gasteiger partial charge in [0.25, 0.3) is 12.5 Å². The molecule has 0 aliphatic carbocycles. The highest BCUT2D eigenvalue weighted by molar-refractivity contribution is 7.91. The number of hydrogen-bond acceptors (Lipinski definition) is 6. The molecule has 0 aliphatic heterocycles. The lowest BCUT2D eigenvalue weighted by molar-refractivity contribution is 0.502. The van der Waals surface area contributed by atoms with Gasteiger partial charge >= 0.3 is 0 Å². The van der Waals surface area contributed by atoms with E-state index in [4.69, 9.17) is 20.0 Å². The molecule has 116 valence electrons. The maximum absolute atomic E-state index is 12.7. The summed E-state index contributed by atoms with van der Waals surface area (Å²) in [5, 5.41) is 17.1. The second-order valence-corrected chi connectivity index (χ2v) is 6.69. The summed E-state index contributed by atoms with van der Waals surface area (Å²) in [4.78, 5) is 0.183. The zero-order valence-corrected chi connectivity index (χ0v) is 13.2. The maximum atomic E-state index is 12.7. The Bertz CT molecular complexity index is 866. The summed E-state index contributed by atoms with van der Waals surface area (Å²) in [7, 11) is -3.72. The molecule has 0 atom stereocenters. The number of rotatable bonds is 4. The Morgan fingerprint density at radius 1 is 0.826 bits per heavy atom. The van der Waals surface area contributed by atoms with Gasteiger partial charge in [-0.3, -0.25) is 0 Å². The third-order valence-electron chi connectivity index (χ3n) is 3.22. The van der Waals surface area contributed by atoms with Gasteiger partial charge in [-0.25, -0.2) is 8.42 Å². The molecule has 0 heterocycles. The van der Waals surface area contributed by atoms with E-state index in [-0.39, 0.29) is 9.79 Å². The fraction of sp³-hybridized carbons (Fsp3) is 0.125. The van der Waals surface area contributed by atoms with E-state index in [0.717, 1.165) is 0 Å². The van der Waals surface area contributed by atoms with E-state index >= 15 is 0 Å². The molecular formula is C16H12N2O4S. The number of ether oxygens (including phenoxy) is 2. The van der Waals surface area contributed by atoms with Gasteiger partial charge in [-0.05, 0) is 61.4 Å². The first-order valence-corrected chi connectivity index (χ1v) is 7.96. The van der Waals surface area contributed by atoms with E-state index in [1.54, 1.807) is 26.4 Å². The van der Waals surface area contributed by atoms with Crippen LogP contribution in [-0.2, 0) is 9.84 Å². The summed E-state index contributed by atoms with van der Waals surface area (Å²) < 4.78 is 34.8. The van der Waals surface area contributed by atoms with Crippen LogP contribution < -0.4 is 9.47 Å². The lowest BCUT2D eigenvalue weighted by Crippen LogP contribution is -2.03. The Hall–Kier alpha value is -3.03. The third-order valence-corrected chi connectivity index (χ3v) is 4.97. The fourth-order valence-corrected chi connectivity index (χ4v) is 3.47. The second kappa shape index (κ2) is 6.39. The zero-order chi connectivity index (χ0) is 17.0. The van der Waals surface area contributed by atoms with Crippen LogP contribution in [0.25, 0.3) is 0 Å². The lowest BCUT2D eigenvalue weighted by Gasteiger charge is -2.09. The van der Waals surface area contributed by atoms with Crippen molar-refractivity contribution in [1.29, 1.82) is 10.5 Å². The van der Waals surface area contributed by atoms with Gasteiger partial charge in [0.05, 0.1) is 9.79 Å². The van der Waals surface area contributed by atoms with Gasteiger partial charge in [0.15, 0.2) is 0 Å². The van der Waals surface area contributed by atoms with Crippen molar-refractivity contribution in [3.63, 3.8) is 0 Å². The molecule has 0 unspecified atom stereocenters. The molecule has 0 radical (unpaired) electrons. The highest BCUT2D eigenvalue weighted by Gasteiger charge is 2.20. The maximum Gasteiger partial charge on any atom is 0.292 e. The monoisotopic (exact) mass is 328 g/mol. The molecule has 2 aromatic carbocycles. The Kier molecular flexibility index (Phi) is 4.54. The van der Waals surface area contributed by atoms with Crippen molar-refractivity contribution >= 4 is 9.84 Å². The summed E-state index contributed by atoms with van der Waals surface area (Å²) in [6.07, 6.45) is 3.10. The Morgan fingerprint density at radius 3 is 1.52 bits per heavy atom. The largest absolute Gasteiger partial charge is 0.388 e. The number of aryl methyl sites for hydroxylation is 2. The van der Waals surface area contributed by atoms with Crippen molar-refractivity contribution in [2.45, 2.75) is 23.6 Å². The van der Waals surface area contributed by atoms with Crippen LogP contribution in [0.4, 0.5) is 0 Å². The average molecular weight is 328 g/mol. The molecule has 0 amide bonds. The summed E-state index contributed by atoms with van der Waals surface area (Å²) >= 11 is 0. The summed E-state index contributed by atoms with van der Waals surface area (Å²) in [6, 6.07) is 8.51. The molecule has 23 heavy (non-hydrogen) atoms. The quantitative estimate of drug-likeness (QED) is 0.800. The molecule has 0 N–H and O–H groups in total. The van der Waals surface area contributed by atoms with Crippen LogP contribution in [0.15, 0.2) is 46.2 Å². The molecule has 0 aromatic heterocycles. The van der Waals surface area contributed by atoms with Gasteiger partial charge in [0, 0.05) is 0 Å². The van der Waals surface area contributed by atoms with Crippen molar-refractivity contribution in [2.75, 3.05) is 0 Å². The standard InChI is InChI=1S/C16H12N2O4S/c1-11-7-13(3-5-15(11)21-9-17)23(19,20)14-4-6-16(22-10-18)12(2)8-14/h3-8H,1-2H3.